The zero-order valence-electron chi connectivity index (χ0n) is 11.8. The third-order valence-electron chi connectivity index (χ3n) is 2.83. The number of nitrogens with one attached hydrogen (secondary N) is 2. The van der Waals surface area contributed by atoms with Gasteiger partial charge >= 0.3 is 0 Å². The molecule has 0 fully saturated rings. The van der Waals surface area contributed by atoms with Gasteiger partial charge in [-0.1, -0.05) is 12.1 Å². The third kappa shape index (κ3) is 2.58. The summed E-state index contributed by atoms with van der Waals surface area (Å²) >= 11 is 0. The lowest BCUT2D eigenvalue weighted by atomic mass is 10.3. The predicted molar refractivity (Wildman–Crippen MR) is 78.9 cm³/mol. The van der Waals surface area contributed by atoms with Crippen molar-refractivity contribution in [3.8, 4) is 17.4 Å². The molecule has 2 N–H and O–H groups in total. The van der Waals surface area contributed by atoms with Crippen LogP contribution in [0.1, 0.15) is 6.92 Å². The molecule has 1 aromatic carbocycles. The Bertz CT molecular complexity index is 756. The van der Waals surface area contributed by atoms with Gasteiger partial charge in [0.25, 0.3) is 5.88 Å². The molecule has 0 bridgehead atoms. The van der Waals surface area contributed by atoms with E-state index in [4.69, 9.17) is 9.47 Å². The smallest absolute Gasteiger partial charge is 0.250 e. The fourth-order valence-corrected chi connectivity index (χ4v) is 1.91. The molecule has 0 amide bonds. The van der Waals surface area contributed by atoms with Gasteiger partial charge in [-0.05, 0) is 19.1 Å². The second-order valence-corrected chi connectivity index (χ2v) is 4.19. The van der Waals surface area contributed by atoms with E-state index in [0.29, 0.717) is 41.1 Å². The summed E-state index contributed by atoms with van der Waals surface area (Å²) in [7, 11) is 1.74. The van der Waals surface area contributed by atoms with E-state index in [-0.39, 0.29) is 0 Å². The highest BCUT2D eigenvalue weighted by atomic mass is 16.5. The van der Waals surface area contributed by atoms with Gasteiger partial charge in [0.2, 0.25) is 5.95 Å². The van der Waals surface area contributed by atoms with Gasteiger partial charge in [-0.15, -0.1) is 0 Å². The van der Waals surface area contributed by atoms with E-state index in [1.54, 1.807) is 13.4 Å². The van der Waals surface area contributed by atoms with Crippen LogP contribution in [0.25, 0.3) is 11.2 Å². The summed E-state index contributed by atoms with van der Waals surface area (Å²) in [5.74, 6) is 2.10. The van der Waals surface area contributed by atoms with Gasteiger partial charge in [-0.25, -0.2) is 4.98 Å². The number of fused-ring (bicyclic) bond motifs is 1. The zero-order valence-corrected chi connectivity index (χ0v) is 11.8. The molecule has 0 aliphatic rings. The first-order valence-electron chi connectivity index (χ1n) is 6.60. The summed E-state index contributed by atoms with van der Waals surface area (Å²) in [5.41, 5.74) is 1.18. The van der Waals surface area contributed by atoms with Crippen LogP contribution in [0.4, 0.5) is 5.95 Å². The number of anilines is 1. The molecule has 21 heavy (non-hydrogen) atoms. The number of aromatic nitrogens is 4. The van der Waals surface area contributed by atoms with E-state index in [1.807, 2.05) is 31.2 Å². The van der Waals surface area contributed by atoms with Crippen molar-refractivity contribution in [2.45, 2.75) is 6.92 Å². The largest absolute Gasteiger partial charge is 0.490 e. The van der Waals surface area contributed by atoms with Gasteiger partial charge in [0.05, 0.1) is 12.9 Å². The summed E-state index contributed by atoms with van der Waals surface area (Å²) in [5, 5.41) is 2.89. The van der Waals surface area contributed by atoms with Gasteiger partial charge < -0.3 is 19.8 Å². The molecule has 7 nitrogen and oxygen atoms in total. The highest BCUT2D eigenvalue weighted by molar-refractivity contribution is 5.77. The Hall–Kier alpha value is -2.83. The van der Waals surface area contributed by atoms with Crippen molar-refractivity contribution in [3.05, 3.63) is 30.6 Å². The van der Waals surface area contributed by atoms with Crippen molar-refractivity contribution in [2.75, 3.05) is 19.0 Å². The Balaban J connectivity index is 2.03. The number of H-pyrrole nitrogens is 1. The second kappa shape index (κ2) is 5.66. The molecule has 0 aliphatic carbocycles. The van der Waals surface area contributed by atoms with Crippen LogP contribution >= 0.6 is 0 Å². The fourth-order valence-electron chi connectivity index (χ4n) is 1.91. The molecular formula is C14H15N5O2. The SMILES string of the molecule is CCOc1ccccc1Oc1nc(NC)nc2nc[nH]c12. The highest BCUT2D eigenvalue weighted by Gasteiger charge is 2.13. The lowest BCUT2D eigenvalue weighted by Crippen LogP contribution is -2.00. The third-order valence-corrected chi connectivity index (χ3v) is 2.83. The van der Waals surface area contributed by atoms with E-state index < -0.39 is 0 Å². The lowest BCUT2D eigenvalue weighted by molar-refractivity contribution is 0.320. The molecule has 0 saturated carbocycles. The van der Waals surface area contributed by atoms with Crippen LogP contribution in [0, 0.1) is 0 Å². The monoisotopic (exact) mass is 285 g/mol. The molecule has 108 valence electrons. The molecule has 0 radical (unpaired) electrons. The van der Waals surface area contributed by atoms with Crippen molar-refractivity contribution < 1.29 is 9.47 Å². The molecule has 7 heteroatoms. The summed E-state index contributed by atoms with van der Waals surface area (Å²) < 4.78 is 11.4. The van der Waals surface area contributed by atoms with Crippen LogP contribution < -0.4 is 14.8 Å². The van der Waals surface area contributed by atoms with Crippen LogP contribution in [0.15, 0.2) is 30.6 Å². The number of aromatic amines is 1. The van der Waals surface area contributed by atoms with Crippen LogP contribution in [0.3, 0.4) is 0 Å². The van der Waals surface area contributed by atoms with Gasteiger partial charge in [-0.3, -0.25) is 0 Å². The quantitative estimate of drug-likeness (QED) is 0.749. The maximum atomic E-state index is 5.89. The number of imidazole rings is 1. The first-order chi connectivity index (χ1) is 10.3. The Morgan fingerprint density at radius 3 is 2.76 bits per heavy atom. The van der Waals surface area contributed by atoms with Crippen LogP contribution in [-0.2, 0) is 0 Å². The minimum atomic E-state index is 0.397. The van der Waals surface area contributed by atoms with E-state index in [0.717, 1.165) is 0 Å². The van der Waals surface area contributed by atoms with Gasteiger partial charge in [0, 0.05) is 7.05 Å². The summed E-state index contributed by atoms with van der Waals surface area (Å²) in [6.45, 7) is 2.49. The Kier molecular flexibility index (Phi) is 3.55. The molecule has 3 rings (SSSR count). The lowest BCUT2D eigenvalue weighted by Gasteiger charge is -2.11. The van der Waals surface area contributed by atoms with Crippen molar-refractivity contribution in [1.82, 2.24) is 19.9 Å². The summed E-state index contributed by atoms with van der Waals surface area (Å²) in [6, 6.07) is 7.45. The van der Waals surface area contributed by atoms with Crippen LogP contribution in [0.2, 0.25) is 0 Å². The van der Waals surface area contributed by atoms with Crippen LogP contribution in [0.5, 0.6) is 17.4 Å². The average molecular weight is 285 g/mol. The predicted octanol–water partition coefficient (Wildman–Crippen LogP) is 2.59. The highest BCUT2D eigenvalue weighted by Crippen LogP contribution is 2.33. The Morgan fingerprint density at radius 2 is 2.00 bits per heavy atom. The number of ether oxygens (including phenoxy) is 2. The van der Waals surface area contributed by atoms with Crippen molar-refractivity contribution in [3.63, 3.8) is 0 Å². The van der Waals surface area contributed by atoms with Crippen molar-refractivity contribution >= 4 is 17.1 Å². The first kappa shape index (κ1) is 13.2. The Morgan fingerprint density at radius 1 is 1.19 bits per heavy atom. The topological polar surface area (TPSA) is 84.9 Å². The average Bonchev–Trinajstić information content (AvgIpc) is 2.98. The molecule has 0 spiro atoms. The maximum Gasteiger partial charge on any atom is 0.250 e. The molecule has 3 aromatic rings. The molecule has 0 aliphatic heterocycles. The van der Waals surface area contributed by atoms with Crippen molar-refractivity contribution in [2.24, 2.45) is 0 Å². The molecule has 0 atom stereocenters. The van der Waals surface area contributed by atoms with Gasteiger partial charge in [0.15, 0.2) is 17.1 Å². The zero-order chi connectivity index (χ0) is 14.7. The second-order valence-electron chi connectivity index (χ2n) is 4.19. The Labute approximate surface area is 121 Å². The number of rotatable bonds is 5. The number of hydrogen-bond donors (Lipinski definition) is 2. The minimum Gasteiger partial charge on any atom is -0.490 e. The minimum absolute atomic E-state index is 0.397. The fraction of sp³-hybridized carbons (Fsp3) is 0.214. The number of benzene rings is 1. The number of para-hydroxylation sites is 2. The molecular weight excluding hydrogens is 270 g/mol. The molecule has 2 heterocycles. The van der Waals surface area contributed by atoms with Crippen LogP contribution in [-0.4, -0.2) is 33.6 Å². The van der Waals surface area contributed by atoms with E-state index >= 15 is 0 Å². The molecule has 2 aromatic heterocycles. The van der Waals surface area contributed by atoms with Gasteiger partial charge in [0.1, 0.15) is 5.52 Å². The first-order valence-corrected chi connectivity index (χ1v) is 6.60. The maximum absolute atomic E-state index is 5.89. The summed E-state index contributed by atoms with van der Waals surface area (Å²) in [6.07, 6.45) is 1.56. The number of nitrogens with zero attached hydrogens (tertiary/aromatic N) is 3. The summed E-state index contributed by atoms with van der Waals surface area (Å²) in [4.78, 5) is 15.7. The van der Waals surface area contributed by atoms with E-state index in [2.05, 4.69) is 25.3 Å². The molecule has 0 unspecified atom stereocenters. The number of hydrogen-bond acceptors (Lipinski definition) is 6. The van der Waals surface area contributed by atoms with Gasteiger partial charge in [-0.2, -0.15) is 9.97 Å². The standard InChI is InChI=1S/C14H15N5O2/c1-3-20-9-6-4-5-7-10(9)21-13-11-12(17-8-16-11)18-14(15-2)19-13/h4-8H,3H2,1-2H3,(H2,15,16,17,18,19). The molecule has 0 saturated heterocycles. The van der Waals surface area contributed by atoms with E-state index in [9.17, 15) is 0 Å². The van der Waals surface area contributed by atoms with Crippen molar-refractivity contribution in [1.29, 1.82) is 0 Å². The normalized spacial score (nSPS) is 10.6. The van der Waals surface area contributed by atoms with E-state index in [1.165, 1.54) is 0 Å².